The smallest absolute Gasteiger partial charge is 0.228 e. The minimum atomic E-state index is -0.290. The van der Waals surface area contributed by atoms with E-state index in [0.29, 0.717) is 12.1 Å². The molecule has 0 aliphatic heterocycles. The molecular weight excluding hydrogens is 299 g/mol. The summed E-state index contributed by atoms with van der Waals surface area (Å²) in [7, 11) is 0. The maximum Gasteiger partial charge on any atom is 0.228 e. The molecule has 0 radical (unpaired) electrons. The van der Waals surface area contributed by atoms with Crippen LogP contribution in [0.2, 0.25) is 10.0 Å². The molecule has 4 nitrogen and oxygen atoms in total. The summed E-state index contributed by atoms with van der Waals surface area (Å²) >= 11 is 11.6. The lowest BCUT2D eigenvalue weighted by molar-refractivity contribution is -0.120. The number of nitrogens with two attached hydrogens (primary N) is 1. The van der Waals surface area contributed by atoms with Crippen LogP contribution in [0.15, 0.2) is 12.1 Å². The van der Waals surface area contributed by atoms with E-state index in [0.717, 1.165) is 0 Å². The summed E-state index contributed by atoms with van der Waals surface area (Å²) in [6.07, 6.45) is 0.675. The first-order valence-corrected chi connectivity index (χ1v) is 7.08. The molecule has 0 saturated heterocycles. The van der Waals surface area contributed by atoms with Crippen LogP contribution in [-0.2, 0) is 4.79 Å². The van der Waals surface area contributed by atoms with Gasteiger partial charge in [-0.05, 0) is 24.0 Å². The fourth-order valence-electron chi connectivity index (χ4n) is 1.90. The van der Waals surface area contributed by atoms with Crippen molar-refractivity contribution in [2.45, 2.75) is 27.2 Å². The molecule has 0 aliphatic carbocycles. The predicted molar refractivity (Wildman–Crippen MR) is 83.4 cm³/mol. The minimum Gasteiger partial charge on any atom is -0.505 e. The molecular formula is C14H20Cl2N2O2. The van der Waals surface area contributed by atoms with E-state index in [1.54, 1.807) is 0 Å². The van der Waals surface area contributed by atoms with Crippen LogP contribution < -0.4 is 11.1 Å². The molecule has 0 fully saturated rings. The molecule has 0 aromatic heterocycles. The lowest BCUT2D eigenvalue weighted by Crippen LogP contribution is -2.32. The van der Waals surface area contributed by atoms with Crippen molar-refractivity contribution < 1.29 is 9.90 Å². The van der Waals surface area contributed by atoms with Crippen molar-refractivity contribution in [1.29, 1.82) is 0 Å². The van der Waals surface area contributed by atoms with Gasteiger partial charge in [-0.1, -0.05) is 44.0 Å². The Labute approximate surface area is 129 Å². The number of anilines is 1. The number of carbonyl (C=O) groups is 1. The molecule has 0 spiro atoms. The molecule has 1 aromatic carbocycles. The Balaban J connectivity index is 2.84. The molecule has 1 amide bonds. The Kier molecular flexibility index (Phi) is 5.68. The molecule has 0 bridgehead atoms. The van der Waals surface area contributed by atoms with Crippen LogP contribution in [0.1, 0.15) is 27.2 Å². The van der Waals surface area contributed by atoms with Gasteiger partial charge in [-0.3, -0.25) is 4.79 Å². The first-order chi connectivity index (χ1) is 9.14. The second-order valence-corrected chi connectivity index (χ2v) is 6.79. The van der Waals surface area contributed by atoms with E-state index in [1.807, 2.05) is 0 Å². The lowest BCUT2D eigenvalue weighted by Gasteiger charge is -2.24. The number of aromatic hydroxyl groups is 1. The van der Waals surface area contributed by atoms with E-state index in [-0.39, 0.29) is 39.6 Å². The summed E-state index contributed by atoms with van der Waals surface area (Å²) in [6, 6.07) is 2.90. The average molecular weight is 319 g/mol. The number of amides is 1. The third kappa shape index (κ3) is 4.85. The third-order valence-corrected chi connectivity index (χ3v) is 3.37. The lowest BCUT2D eigenvalue weighted by atomic mass is 9.84. The van der Waals surface area contributed by atoms with Crippen molar-refractivity contribution in [3.05, 3.63) is 22.2 Å². The van der Waals surface area contributed by atoms with E-state index >= 15 is 0 Å². The third-order valence-electron chi connectivity index (χ3n) is 2.80. The quantitative estimate of drug-likeness (QED) is 0.742. The Morgan fingerprint density at radius 3 is 2.25 bits per heavy atom. The molecule has 1 unspecified atom stereocenters. The zero-order valence-electron chi connectivity index (χ0n) is 11.8. The minimum absolute atomic E-state index is 0.00558. The van der Waals surface area contributed by atoms with E-state index in [4.69, 9.17) is 28.9 Å². The van der Waals surface area contributed by atoms with Crippen molar-refractivity contribution in [1.82, 2.24) is 0 Å². The van der Waals surface area contributed by atoms with Crippen molar-refractivity contribution in [3.63, 3.8) is 0 Å². The second-order valence-electron chi connectivity index (χ2n) is 5.98. The summed E-state index contributed by atoms with van der Waals surface area (Å²) in [5.74, 6) is -0.669. The summed E-state index contributed by atoms with van der Waals surface area (Å²) < 4.78 is 0. The summed E-state index contributed by atoms with van der Waals surface area (Å²) in [4.78, 5) is 12.2. The fourth-order valence-corrected chi connectivity index (χ4v) is 2.39. The number of rotatable bonds is 4. The molecule has 4 N–H and O–H groups in total. The number of phenols is 1. The fraction of sp³-hybridized carbons (Fsp3) is 0.500. The number of benzene rings is 1. The number of nitrogens with one attached hydrogen (secondary N) is 1. The van der Waals surface area contributed by atoms with Gasteiger partial charge in [0.15, 0.2) is 5.75 Å². The van der Waals surface area contributed by atoms with Gasteiger partial charge in [0.25, 0.3) is 0 Å². The van der Waals surface area contributed by atoms with Gasteiger partial charge in [-0.2, -0.15) is 0 Å². The zero-order chi connectivity index (χ0) is 15.5. The monoisotopic (exact) mass is 318 g/mol. The topological polar surface area (TPSA) is 75.4 Å². The SMILES string of the molecule is CC(C)(C)CC(CN)C(=O)Nc1cc(Cl)c(O)c(Cl)c1. The van der Waals surface area contributed by atoms with Gasteiger partial charge < -0.3 is 16.2 Å². The predicted octanol–water partition coefficient (Wildman–Crippen LogP) is 3.65. The van der Waals surface area contributed by atoms with Crippen molar-refractivity contribution in [2.24, 2.45) is 17.1 Å². The molecule has 6 heteroatoms. The van der Waals surface area contributed by atoms with Crippen LogP contribution in [0.4, 0.5) is 5.69 Å². The van der Waals surface area contributed by atoms with Crippen LogP contribution >= 0.6 is 23.2 Å². The van der Waals surface area contributed by atoms with Gasteiger partial charge in [0.1, 0.15) is 0 Å². The number of halogens is 2. The van der Waals surface area contributed by atoms with Gasteiger partial charge in [0.05, 0.1) is 16.0 Å². The first kappa shape index (κ1) is 17.1. The number of hydrogen-bond acceptors (Lipinski definition) is 3. The molecule has 0 heterocycles. The largest absolute Gasteiger partial charge is 0.505 e. The van der Waals surface area contributed by atoms with Gasteiger partial charge in [-0.25, -0.2) is 0 Å². The van der Waals surface area contributed by atoms with Crippen molar-refractivity contribution >= 4 is 34.8 Å². The maximum atomic E-state index is 12.2. The van der Waals surface area contributed by atoms with Gasteiger partial charge >= 0.3 is 0 Å². The molecule has 20 heavy (non-hydrogen) atoms. The van der Waals surface area contributed by atoms with Crippen molar-refractivity contribution in [2.75, 3.05) is 11.9 Å². The van der Waals surface area contributed by atoms with Gasteiger partial charge in [-0.15, -0.1) is 0 Å². The van der Waals surface area contributed by atoms with E-state index in [2.05, 4.69) is 26.1 Å². The van der Waals surface area contributed by atoms with Crippen LogP contribution in [0.3, 0.4) is 0 Å². The summed E-state index contributed by atoms with van der Waals surface area (Å²) in [5.41, 5.74) is 6.11. The molecule has 1 atom stereocenters. The Hall–Kier alpha value is -0.970. The Morgan fingerprint density at radius 1 is 1.35 bits per heavy atom. The van der Waals surface area contributed by atoms with Crippen LogP contribution in [-0.4, -0.2) is 17.6 Å². The maximum absolute atomic E-state index is 12.2. The molecule has 0 saturated carbocycles. The normalized spacial score (nSPS) is 13.1. The van der Waals surface area contributed by atoms with E-state index in [1.165, 1.54) is 12.1 Å². The van der Waals surface area contributed by atoms with Gasteiger partial charge in [0.2, 0.25) is 5.91 Å². The molecule has 1 aromatic rings. The summed E-state index contributed by atoms with van der Waals surface area (Å²) in [5, 5.41) is 12.4. The van der Waals surface area contributed by atoms with Crippen LogP contribution in [0.5, 0.6) is 5.75 Å². The Bertz CT molecular complexity index is 475. The Morgan fingerprint density at radius 2 is 1.85 bits per heavy atom. The van der Waals surface area contributed by atoms with Crippen LogP contribution in [0, 0.1) is 11.3 Å². The highest BCUT2D eigenvalue weighted by Crippen LogP contribution is 2.35. The zero-order valence-corrected chi connectivity index (χ0v) is 13.3. The van der Waals surface area contributed by atoms with E-state index < -0.39 is 0 Å². The average Bonchev–Trinajstić information content (AvgIpc) is 2.31. The number of phenolic OH excluding ortho intramolecular Hbond substituents is 1. The highest BCUT2D eigenvalue weighted by atomic mass is 35.5. The molecule has 112 valence electrons. The van der Waals surface area contributed by atoms with Gasteiger partial charge in [0, 0.05) is 12.2 Å². The first-order valence-electron chi connectivity index (χ1n) is 6.33. The highest BCUT2D eigenvalue weighted by molar-refractivity contribution is 6.37. The molecule has 1 rings (SSSR count). The molecule has 0 aliphatic rings. The standard InChI is InChI=1S/C14H20Cl2N2O2/c1-14(2,3)6-8(7-17)13(20)18-9-4-10(15)12(19)11(16)5-9/h4-5,8,19H,6-7,17H2,1-3H3,(H,18,20). The number of hydrogen-bond donors (Lipinski definition) is 3. The number of carbonyl (C=O) groups excluding carboxylic acids is 1. The second kappa shape index (κ2) is 6.66. The van der Waals surface area contributed by atoms with Crippen molar-refractivity contribution in [3.8, 4) is 5.75 Å². The highest BCUT2D eigenvalue weighted by Gasteiger charge is 2.24. The summed E-state index contributed by atoms with van der Waals surface area (Å²) in [6.45, 7) is 6.42. The van der Waals surface area contributed by atoms with E-state index in [9.17, 15) is 9.90 Å². The van der Waals surface area contributed by atoms with Crippen LogP contribution in [0.25, 0.3) is 0 Å².